The van der Waals surface area contributed by atoms with Gasteiger partial charge in [0, 0.05) is 5.92 Å². The van der Waals surface area contributed by atoms with E-state index in [9.17, 15) is 10.2 Å². The molecule has 0 aliphatic heterocycles. The quantitative estimate of drug-likeness (QED) is 0.564. The van der Waals surface area contributed by atoms with Crippen molar-refractivity contribution in [2.24, 2.45) is 5.92 Å². The van der Waals surface area contributed by atoms with Gasteiger partial charge in [-0.05, 0) is 12.8 Å². The van der Waals surface area contributed by atoms with Crippen LogP contribution in [0, 0.1) is 5.92 Å². The number of rotatable bonds is 10. The molecule has 0 amide bonds. The minimum Gasteiger partial charge on any atom is -0.393 e. The van der Waals surface area contributed by atoms with E-state index in [0.29, 0.717) is 0 Å². The lowest BCUT2D eigenvalue weighted by atomic mass is 9.91. The van der Waals surface area contributed by atoms with Crippen LogP contribution in [-0.4, -0.2) is 22.4 Å². The van der Waals surface area contributed by atoms with Crippen LogP contribution in [0.15, 0.2) is 0 Å². The van der Waals surface area contributed by atoms with E-state index in [1.807, 2.05) is 6.92 Å². The summed E-state index contributed by atoms with van der Waals surface area (Å²) in [5.74, 6) is 0.0196. The second-order valence-electron chi connectivity index (χ2n) is 4.99. The average Bonchev–Trinajstić information content (AvgIpc) is 2.27. The summed E-state index contributed by atoms with van der Waals surface area (Å²) in [7, 11) is 0. The first-order valence-electron chi connectivity index (χ1n) is 6.99. The Morgan fingerprint density at radius 2 is 1.31 bits per heavy atom. The minimum absolute atomic E-state index is 0.0196. The fourth-order valence-corrected chi connectivity index (χ4v) is 2.04. The molecule has 0 radical (unpaired) electrons. The molecule has 0 aliphatic carbocycles. The highest BCUT2D eigenvalue weighted by Gasteiger charge is 2.20. The van der Waals surface area contributed by atoms with Crippen molar-refractivity contribution in [3.63, 3.8) is 0 Å². The maximum atomic E-state index is 9.91. The smallest absolute Gasteiger partial charge is 0.0590 e. The van der Waals surface area contributed by atoms with Crippen molar-refractivity contribution in [3.8, 4) is 0 Å². The molecule has 0 spiro atoms. The predicted octanol–water partition coefficient (Wildman–Crippen LogP) is 3.50. The highest BCUT2D eigenvalue weighted by atomic mass is 16.3. The fourth-order valence-electron chi connectivity index (χ4n) is 2.04. The largest absolute Gasteiger partial charge is 0.393 e. The first-order chi connectivity index (χ1) is 7.63. The van der Waals surface area contributed by atoms with Crippen LogP contribution in [0.2, 0.25) is 0 Å². The molecule has 0 aromatic heterocycles. The van der Waals surface area contributed by atoms with Gasteiger partial charge in [-0.15, -0.1) is 0 Å². The molecule has 98 valence electrons. The first-order valence-corrected chi connectivity index (χ1v) is 6.99. The molecule has 2 heteroatoms. The number of hydrogen-bond acceptors (Lipinski definition) is 2. The lowest BCUT2D eigenvalue weighted by Gasteiger charge is -2.23. The Morgan fingerprint density at radius 1 is 0.750 bits per heavy atom. The Morgan fingerprint density at radius 3 is 1.88 bits per heavy atom. The topological polar surface area (TPSA) is 40.5 Å². The molecule has 2 N–H and O–H groups in total. The molecule has 16 heavy (non-hydrogen) atoms. The van der Waals surface area contributed by atoms with E-state index in [1.165, 1.54) is 25.7 Å². The van der Waals surface area contributed by atoms with E-state index >= 15 is 0 Å². The Kier molecular flexibility index (Phi) is 10.0. The molecule has 0 fully saturated rings. The second-order valence-corrected chi connectivity index (χ2v) is 4.99. The monoisotopic (exact) mass is 230 g/mol. The average molecular weight is 230 g/mol. The SMILES string of the molecule is CCCCCCCC(O)C(C)C(O)CCC. The van der Waals surface area contributed by atoms with Gasteiger partial charge in [-0.1, -0.05) is 59.3 Å². The van der Waals surface area contributed by atoms with E-state index in [2.05, 4.69) is 13.8 Å². The van der Waals surface area contributed by atoms with Crippen LogP contribution in [0.3, 0.4) is 0 Å². The number of aliphatic hydroxyl groups excluding tert-OH is 2. The van der Waals surface area contributed by atoms with Gasteiger partial charge in [-0.3, -0.25) is 0 Å². The standard InChI is InChI=1S/C14H30O2/c1-4-6-7-8-9-11-14(16)12(3)13(15)10-5-2/h12-16H,4-11H2,1-3H3. The van der Waals surface area contributed by atoms with Crippen LogP contribution < -0.4 is 0 Å². The summed E-state index contributed by atoms with van der Waals surface area (Å²) in [4.78, 5) is 0. The van der Waals surface area contributed by atoms with Gasteiger partial charge in [0.25, 0.3) is 0 Å². The zero-order chi connectivity index (χ0) is 12.4. The van der Waals surface area contributed by atoms with Gasteiger partial charge < -0.3 is 10.2 Å². The Balaban J connectivity index is 3.58. The lowest BCUT2D eigenvalue weighted by molar-refractivity contribution is 0.0123. The van der Waals surface area contributed by atoms with E-state index in [0.717, 1.165) is 25.7 Å². The van der Waals surface area contributed by atoms with Crippen molar-refractivity contribution in [1.29, 1.82) is 0 Å². The predicted molar refractivity (Wildman–Crippen MR) is 69.5 cm³/mol. The molecule has 0 bridgehead atoms. The number of hydrogen-bond donors (Lipinski definition) is 2. The highest BCUT2D eigenvalue weighted by Crippen LogP contribution is 2.18. The van der Waals surface area contributed by atoms with Crippen LogP contribution >= 0.6 is 0 Å². The molecule has 0 aromatic carbocycles. The molecule has 2 nitrogen and oxygen atoms in total. The van der Waals surface area contributed by atoms with Crippen LogP contribution in [0.5, 0.6) is 0 Å². The summed E-state index contributed by atoms with van der Waals surface area (Å²) in [5, 5.41) is 19.7. The second kappa shape index (κ2) is 10.1. The summed E-state index contributed by atoms with van der Waals surface area (Å²) in [6.45, 7) is 6.22. The van der Waals surface area contributed by atoms with Gasteiger partial charge in [-0.2, -0.15) is 0 Å². The normalized spacial score (nSPS) is 17.1. The molecule has 0 rings (SSSR count). The highest BCUT2D eigenvalue weighted by molar-refractivity contribution is 4.72. The third-order valence-electron chi connectivity index (χ3n) is 3.40. The lowest BCUT2D eigenvalue weighted by Crippen LogP contribution is -2.29. The molecule has 0 aromatic rings. The Labute approximate surface area is 101 Å². The van der Waals surface area contributed by atoms with Gasteiger partial charge in [0.05, 0.1) is 12.2 Å². The van der Waals surface area contributed by atoms with E-state index in [1.54, 1.807) is 0 Å². The molecule has 0 heterocycles. The first kappa shape index (κ1) is 15.9. The van der Waals surface area contributed by atoms with E-state index < -0.39 is 0 Å². The number of aliphatic hydroxyl groups is 2. The van der Waals surface area contributed by atoms with Crippen molar-refractivity contribution in [2.45, 2.75) is 84.3 Å². The number of unbranched alkanes of at least 4 members (excludes halogenated alkanes) is 4. The summed E-state index contributed by atoms with van der Waals surface area (Å²) in [5.41, 5.74) is 0. The van der Waals surface area contributed by atoms with E-state index in [-0.39, 0.29) is 18.1 Å². The molecule has 0 saturated heterocycles. The van der Waals surface area contributed by atoms with Gasteiger partial charge >= 0.3 is 0 Å². The van der Waals surface area contributed by atoms with Crippen molar-refractivity contribution in [1.82, 2.24) is 0 Å². The van der Waals surface area contributed by atoms with Crippen LogP contribution in [0.1, 0.15) is 72.1 Å². The van der Waals surface area contributed by atoms with Crippen molar-refractivity contribution < 1.29 is 10.2 Å². The molecule has 3 atom stereocenters. The Bertz CT molecular complexity index is 148. The molecule has 0 saturated carbocycles. The molecule has 0 aliphatic rings. The van der Waals surface area contributed by atoms with E-state index in [4.69, 9.17) is 0 Å². The maximum Gasteiger partial charge on any atom is 0.0590 e. The van der Waals surface area contributed by atoms with Crippen LogP contribution in [0.25, 0.3) is 0 Å². The van der Waals surface area contributed by atoms with Crippen LogP contribution in [0.4, 0.5) is 0 Å². The van der Waals surface area contributed by atoms with Gasteiger partial charge in [-0.25, -0.2) is 0 Å². The summed E-state index contributed by atoms with van der Waals surface area (Å²) >= 11 is 0. The van der Waals surface area contributed by atoms with Gasteiger partial charge in [0.2, 0.25) is 0 Å². The van der Waals surface area contributed by atoms with Crippen molar-refractivity contribution in [3.05, 3.63) is 0 Å². The third kappa shape index (κ3) is 7.24. The molecular weight excluding hydrogens is 200 g/mol. The molecule has 3 unspecified atom stereocenters. The fraction of sp³-hybridized carbons (Fsp3) is 1.00. The van der Waals surface area contributed by atoms with Crippen molar-refractivity contribution in [2.75, 3.05) is 0 Å². The third-order valence-corrected chi connectivity index (χ3v) is 3.40. The Hall–Kier alpha value is -0.0800. The zero-order valence-corrected chi connectivity index (χ0v) is 11.3. The van der Waals surface area contributed by atoms with Crippen molar-refractivity contribution >= 4 is 0 Å². The van der Waals surface area contributed by atoms with Crippen LogP contribution in [-0.2, 0) is 0 Å². The van der Waals surface area contributed by atoms with Gasteiger partial charge in [0.15, 0.2) is 0 Å². The van der Waals surface area contributed by atoms with Gasteiger partial charge in [0.1, 0.15) is 0 Å². The summed E-state index contributed by atoms with van der Waals surface area (Å²) in [6.07, 6.45) is 8.08. The summed E-state index contributed by atoms with van der Waals surface area (Å²) in [6, 6.07) is 0. The maximum absolute atomic E-state index is 9.91. The zero-order valence-electron chi connectivity index (χ0n) is 11.3. The minimum atomic E-state index is -0.337. The molecular formula is C14H30O2. The summed E-state index contributed by atoms with van der Waals surface area (Å²) < 4.78 is 0.